The van der Waals surface area contributed by atoms with Crippen molar-refractivity contribution in [1.29, 1.82) is 0 Å². The number of aromatic nitrogens is 3. The van der Waals surface area contributed by atoms with Gasteiger partial charge in [-0.1, -0.05) is 12.1 Å². The highest BCUT2D eigenvalue weighted by atomic mass is 19.1. The Hall–Kier alpha value is -4.18. The molecular weight excluding hydrogens is 427 g/mol. The van der Waals surface area contributed by atoms with Gasteiger partial charge in [-0.05, 0) is 37.2 Å². The molecule has 0 bridgehead atoms. The van der Waals surface area contributed by atoms with Gasteiger partial charge in [0.1, 0.15) is 24.1 Å². The molecule has 1 fully saturated rings. The Kier molecular flexibility index (Phi) is 5.49. The molecule has 3 heterocycles. The van der Waals surface area contributed by atoms with E-state index in [9.17, 15) is 14.5 Å². The molecule has 0 aliphatic carbocycles. The molecule has 1 atom stereocenters. The number of anilines is 2. The van der Waals surface area contributed by atoms with Gasteiger partial charge in [0.2, 0.25) is 0 Å². The highest BCUT2D eigenvalue weighted by Crippen LogP contribution is 2.36. The minimum atomic E-state index is -0.476. The summed E-state index contributed by atoms with van der Waals surface area (Å²) in [5, 5.41) is 18.5. The van der Waals surface area contributed by atoms with E-state index in [4.69, 9.17) is 4.74 Å². The number of rotatable bonds is 6. The van der Waals surface area contributed by atoms with Gasteiger partial charge < -0.3 is 15.4 Å². The summed E-state index contributed by atoms with van der Waals surface area (Å²) in [6.45, 7) is 1.45. The summed E-state index contributed by atoms with van der Waals surface area (Å²) < 4.78 is 20.1. The molecular formula is C23H19FN6O3. The summed E-state index contributed by atoms with van der Waals surface area (Å²) in [7, 11) is 0. The molecule has 1 aliphatic heterocycles. The lowest BCUT2D eigenvalue weighted by atomic mass is 10.1. The predicted molar refractivity (Wildman–Crippen MR) is 121 cm³/mol. The molecule has 0 radical (unpaired) electrons. The lowest BCUT2D eigenvalue weighted by Gasteiger charge is -2.14. The van der Waals surface area contributed by atoms with Crippen molar-refractivity contribution in [2.24, 2.45) is 0 Å². The van der Waals surface area contributed by atoms with Gasteiger partial charge in [0.25, 0.3) is 0 Å². The molecule has 0 spiro atoms. The first kappa shape index (κ1) is 20.7. The van der Waals surface area contributed by atoms with E-state index in [-0.39, 0.29) is 23.4 Å². The number of fused-ring (bicyclic) bond motifs is 1. The number of nitro groups is 1. The Morgan fingerprint density at radius 1 is 1.15 bits per heavy atom. The summed E-state index contributed by atoms with van der Waals surface area (Å²) in [6, 6.07) is 12.7. The maximum Gasteiger partial charge on any atom is 0.311 e. The smallest absolute Gasteiger partial charge is 0.311 e. The maximum atomic E-state index is 14.2. The number of pyridine rings is 1. The quantitative estimate of drug-likeness (QED) is 0.334. The van der Waals surface area contributed by atoms with E-state index in [2.05, 4.69) is 25.6 Å². The number of nitrogens with zero attached hydrogens (tertiary/aromatic N) is 4. The van der Waals surface area contributed by atoms with Crippen molar-refractivity contribution in [2.75, 3.05) is 18.4 Å². The molecule has 2 N–H and O–H groups in total. The molecule has 5 rings (SSSR count). The molecule has 1 aliphatic rings. The molecule has 166 valence electrons. The van der Waals surface area contributed by atoms with Crippen molar-refractivity contribution in [3.8, 4) is 17.0 Å². The van der Waals surface area contributed by atoms with Crippen molar-refractivity contribution >= 4 is 28.1 Å². The summed E-state index contributed by atoms with van der Waals surface area (Å²) in [4.78, 5) is 24.1. The first-order valence-corrected chi connectivity index (χ1v) is 10.4. The zero-order valence-electron chi connectivity index (χ0n) is 17.4. The number of hydrogen-bond donors (Lipinski definition) is 2. The normalized spacial score (nSPS) is 15.5. The van der Waals surface area contributed by atoms with E-state index >= 15 is 0 Å². The van der Waals surface area contributed by atoms with E-state index in [1.54, 1.807) is 42.6 Å². The van der Waals surface area contributed by atoms with Crippen LogP contribution in [0.1, 0.15) is 6.42 Å². The Labute approximate surface area is 187 Å². The Bertz CT molecular complexity index is 1340. The Balaban J connectivity index is 1.51. The molecule has 4 aromatic rings. The number of halogens is 1. The average Bonchev–Trinajstić information content (AvgIpc) is 3.32. The SMILES string of the molecule is O=[N+]([O-])c1cc2c(Nc3ccnc(-c4ccccc4F)c3)ncnc2cc1O[C@@H]1CCNC1. The van der Waals surface area contributed by atoms with Crippen LogP contribution in [0.3, 0.4) is 0 Å². The number of hydrogen-bond acceptors (Lipinski definition) is 8. The average molecular weight is 446 g/mol. The van der Waals surface area contributed by atoms with Crippen LogP contribution in [0.25, 0.3) is 22.2 Å². The summed E-state index contributed by atoms with van der Waals surface area (Å²) in [6.07, 6.45) is 3.57. The minimum Gasteiger partial charge on any atom is -0.482 e. The fourth-order valence-corrected chi connectivity index (χ4v) is 3.78. The fraction of sp³-hybridized carbons (Fsp3) is 0.174. The van der Waals surface area contributed by atoms with E-state index in [0.717, 1.165) is 13.0 Å². The largest absolute Gasteiger partial charge is 0.482 e. The number of benzene rings is 2. The molecule has 2 aromatic carbocycles. The van der Waals surface area contributed by atoms with Crippen LogP contribution in [-0.2, 0) is 0 Å². The highest BCUT2D eigenvalue weighted by Gasteiger charge is 2.24. The summed E-state index contributed by atoms with van der Waals surface area (Å²) in [5.74, 6) is 0.176. The van der Waals surface area contributed by atoms with Crippen molar-refractivity contribution < 1.29 is 14.1 Å². The first-order chi connectivity index (χ1) is 16.1. The molecule has 0 unspecified atom stereocenters. The molecule has 9 nitrogen and oxygen atoms in total. The van der Waals surface area contributed by atoms with Gasteiger partial charge in [0.15, 0.2) is 5.75 Å². The van der Waals surface area contributed by atoms with Gasteiger partial charge in [0.05, 0.1) is 21.5 Å². The number of nitrogens with one attached hydrogen (secondary N) is 2. The molecule has 10 heteroatoms. The van der Waals surface area contributed by atoms with Gasteiger partial charge in [0, 0.05) is 36.1 Å². The second kappa shape index (κ2) is 8.75. The van der Waals surface area contributed by atoms with E-state index in [0.29, 0.717) is 40.2 Å². The van der Waals surface area contributed by atoms with Crippen LogP contribution in [0.15, 0.2) is 61.1 Å². The van der Waals surface area contributed by atoms with Crippen molar-refractivity contribution in [1.82, 2.24) is 20.3 Å². The van der Waals surface area contributed by atoms with Crippen LogP contribution in [-0.4, -0.2) is 39.1 Å². The molecule has 1 saturated heterocycles. The second-order valence-electron chi connectivity index (χ2n) is 7.58. The maximum absolute atomic E-state index is 14.2. The van der Waals surface area contributed by atoms with Crippen LogP contribution in [0, 0.1) is 15.9 Å². The number of nitro benzene ring substituents is 1. The van der Waals surface area contributed by atoms with Crippen LogP contribution in [0.4, 0.5) is 21.6 Å². The number of ether oxygens (including phenoxy) is 1. The third-order valence-electron chi connectivity index (χ3n) is 5.39. The molecule has 0 saturated carbocycles. The standard InChI is InChI=1S/C23H19FN6O3/c24-18-4-2-1-3-16(18)19-9-14(5-8-26-19)29-23-17-10-21(30(31)32)22(11-20(17)27-13-28-23)33-15-6-7-25-12-15/h1-5,8-11,13,15,25H,6-7,12H2,(H,26,27,28,29)/t15-/m1/s1. The first-order valence-electron chi connectivity index (χ1n) is 10.4. The predicted octanol–water partition coefficient (Wildman–Crippen LogP) is 4.22. The second-order valence-corrected chi connectivity index (χ2v) is 7.58. The van der Waals surface area contributed by atoms with Crippen LogP contribution in [0.5, 0.6) is 5.75 Å². The van der Waals surface area contributed by atoms with Crippen molar-refractivity contribution in [3.63, 3.8) is 0 Å². The molecule has 2 aromatic heterocycles. The van der Waals surface area contributed by atoms with Gasteiger partial charge in [-0.15, -0.1) is 0 Å². The lowest BCUT2D eigenvalue weighted by Crippen LogP contribution is -2.20. The molecule has 33 heavy (non-hydrogen) atoms. The minimum absolute atomic E-state index is 0.130. The third kappa shape index (κ3) is 4.28. The van der Waals surface area contributed by atoms with E-state index in [1.165, 1.54) is 18.5 Å². The summed E-state index contributed by atoms with van der Waals surface area (Å²) >= 11 is 0. The van der Waals surface area contributed by atoms with Crippen molar-refractivity contribution in [2.45, 2.75) is 12.5 Å². The monoisotopic (exact) mass is 446 g/mol. The Morgan fingerprint density at radius 2 is 2.03 bits per heavy atom. The Morgan fingerprint density at radius 3 is 2.82 bits per heavy atom. The topological polar surface area (TPSA) is 115 Å². The van der Waals surface area contributed by atoms with Crippen LogP contribution < -0.4 is 15.4 Å². The highest BCUT2D eigenvalue weighted by molar-refractivity contribution is 5.94. The van der Waals surface area contributed by atoms with E-state index in [1.807, 2.05) is 0 Å². The zero-order chi connectivity index (χ0) is 22.8. The third-order valence-corrected chi connectivity index (χ3v) is 5.39. The van der Waals surface area contributed by atoms with Gasteiger partial charge in [-0.25, -0.2) is 14.4 Å². The summed E-state index contributed by atoms with van der Waals surface area (Å²) in [5.41, 5.74) is 1.76. The fourth-order valence-electron chi connectivity index (χ4n) is 3.78. The van der Waals surface area contributed by atoms with Crippen LogP contribution in [0.2, 0.25) is 0 Å². The lowest BCUT2D eigenvalue weighted by molar-refractivity contribution is -0.385. The van der Waals surface area contributed by atoms with Gasteiger partial charge in [-0.3, -0.25) is 15.1 Å². The van der Waals surface area contributed by atoms with Crippen molar-refractivity contribution in [3.05, 3.63) is 77.0 Å². The van der Waals surface area contributed by atoms with Crippen LogP contribution >= 0.6 is 0 Å². The molecule has 0 amide bonds. The zero-order valence-corrected chi connectivity index (χ0v) is 17.4. The van der Waals surface area contributed by atoms with Gasteiger partial charge in [-0.2, -0.15) is 0 Å². The van der Waals surface area contributed by atoms with Gasteiger partial charge >= 0.3 is 5.69 Å². The van der Waals surface area contributed by atoms with E-state index < -0.39 is 4.92 Å².